The molecule has 0 N–H and O–H groups in total. The van der Waals surface area contributed by atoms with Crippen LogP contribution >= 0.6 is 0 Å². The minimum Gasteiger partial charge on any atom is -0.453 e. The van der Waals surface area contributed by atoms with Gasteiger partial charge in [0, 0.05) is 0 Å². The second-order valence-electron chi connectivity index (χ2n) is 5.37. The number of fused-ring (bicyclic) bond motifs is 3. The van der Waals surface area contributed by atoms with E-state index in [1.807, 2.05) is 0 Å². The van der Waals surface area contributed by atoms with E-state index in [0.717, 1.165) is 4.57 Å². The standard InChI is InChI=1S/C13H7F9N2O/c14-10(15,11(16,17)12(18,19)13(20,21)22)8-5-24-7-4-2-1-3-6(7)23-9(24)25-8/h1-4,8H,5H2. The molecule has 2 heterocycles. The molecule has 0 saturated carbocycles. The number of ether oxygens (including phenoxy) is 1. The number of imidazole rings is 1. The zero-order chi connectivity index (χ0) is 18.8. The Morgan fingerprint density at radius 3 is 2.12 bits per heavy atom. The third-order valence-electron chi connectivity index (χ3n) is 3.79. The molecule has 0 spiro atoms. The fourth-order valence-electron chi connectivity index (χ4n) is 2.43. The van der Waals surface area contributed by atoms with Crippen LogP contribution in [-0.4, -0.2) is 39.6 Å². The fourth-order valence-corrected chi connectivity index (χ4v) is 2.43. The maximum Gasteiger partial charge on any atom is 0.460 e. The van der Waals surface area contributed by atoms with Crippen LogP contribution in [0.3, 0.4) is 0 Å². The maximum atomic E-state index is 13.9. The summed E-state index contributed by atoms with van der Waals surface area (Å²) in [5.74, 6) is -19.5. The van der Waals surface area contributed by atoms with Crippen LogP contribution in [0.25, 0.3) is 11.0 Å². The van der Waals surface area contributed by atoms with Gasteiger partial charge < -0.3 is 4.74 Å². The highest BCUT2D eigenvalue weighted by Gasteiger charge is 2.83. The average molecular weight is 378 g/mol. The van der Waals surface area contributed by atoms with E-state index < -0.39 is 42.6 Å². The summed E-state index contributed by atoms with van der Waals surface area (Å²) in [6.45, 7) is -1.06. The molecule has 1 aromatic heterocycles. The van der Waals surface area contributed by atoms with Gasteiger partial charge in [-0.05, 0) is 12.1 Å². The predicted molar refractivity (Wildman–Crippen MR) is 65.0 cm³/mol. The van der Waals surface area contributed by atoms with E-state index in [1.54, 1.807) is 0 Å². The molecular weight excluding hydrogens is 371 g/mol. The molecule has 0 amide bonds. The molecule has 3 rings (SSSR count). The summed E-state index contributed by atoms with van der Waals surface area (Å²) in [7, 11) is 0. The SMILES string of the molecule is FC(F)(F)C(F)(F)C(F)(F)C(F)(F)C1Cn2c(nc3ccccc32)O1. The van der Waals surface area contributed by atoms with Crippen molar-refractivity contribution in [3.63, 3.8) is 0 Å². The van der Waals surface area contributed by atoms with Crippen molar-refractivity contribution in [2.45, 2.75) is 36.6 Å². The highest BCUT2D eigenvalue weighted by Crippen LogP contribution is 2.55. The van der Waals surface area contributed by atoms with Crippen LogP contribution in [0.5, 0.6) is 6.01 Å². The molecule has 0 radical (unpaired) electrons. The Morgan fingerprint density at radius 1 is 0.920 bits per heavy atom. The lowest BCUT2D eigenvalue weighted by Crippen LogP contribution is -2.65. The molecule has 1 unspecified atom stereocenters. The van der Waals surface area contributed by atoms with Gasteiger partial charge in [0.2, 0.25) is 0 Å². The van der Waals surface area contributed by atoms with Crippen molar-refractivity contribution in [3.8, 4) is 6.01 Å². The lowest BCUT2D eigenvalue weighted by Gasteiger charge is -2.35. The van der Waals surface area contributed by atoms with Crippen LogP contribution in [0.2, 0.25) is 0 Å². The highest BCUT2D eigenvalue weighted by molar-refractivity contribution is 5.76. The Labute approximate surface area is 133 Å². The largest absolute Gasteiger partial charge is 0.460 e. The highest BCUT2D eigenvalue weighted by atomic mass is 19.4. The number of rotatable bonds is 3. The van der Waals surface area contributed by atoms with E-state index in [4.69, 9.17) is 0 Å². The lowest BCUT2D eigenvalue weighted by atomic mass is 9.99. The van der Waals surface area contributed by atoms with Crippen LogP contribution in [-0.2, 0) is 6.54 Å². The molecule has 1 aromatic carbocycles. The van der Waals surface area contributed by atoms with Crippen LogP contribution < -0.4 is 4.74 Å². The molecule has 0 bridgehead atoms. The Balaban J connectivity index is 1.96. The summed E-state index contributed by atoms with van der Waals surface area (Å²) in [5.41, 5.74) is 0.438. The predicted octanol–water partition coefficient (Wildman–Crippen LogP) is 4.27. The van der Waals surface area contributed by atoms with Gasteiger partial charge in [0.05, 0.1) is 17.6 Å². The van der Waals surface area contributed by atoms with E-state index in [1.165, 1.54) is 24.3 Å². The van der Waals surface area contributed by atoms with Crippen molar-refractivity contribution in [2.75, 3.05) is 0 Å². The summed E-state index contributed by atoms with van der Waals surface area (Å²) >= 11 is 0. The van der Waals surface area contributed by atoms with Gasteiger partial charge in [0.25, 0.3) is 6.01 Å². The molecule has 1 atom stereocenters. The Bertz CT molecular complexity index is 811. The van der Waals surface area contributed by atoms with Gasteiger partial charge in [-0.3, -0.25) is 4.57 Å². The average Bonchev–Trinajstić information content (AvgIpc) is 3.03. The van der Waals surface area contributed by atoms with Crippen molar-refractivity contribution >= 4 is 11.0 Å². The summed E-state index contributed by atoms with van der Waals surface area (Å²) in [6.07, 6.45) is -9.80. The van der Waals surface area contributed by atoms with Gasteiger partial charge in [-0.2, -0.15) is 44.5 Å². The van der Waals surface area contributed by atoms with Gasteiger partial charge in [-0.15, -0.1) is 0 Å². The first-order valence-corrected chi connectivity index (χ1v) is 6.63. The Morgan fingerprint density at radius 2 is 1.52 bits per heavy atom. The van der Waals surface area contributed by atoms with Crippen LogP contribution in [0.1, 0.15) is 0 Å². The first-order valence-electron chi connectivity index (χ1n) is 6.63. The van der Waals surface area contributed by atoms with Gasteiger partial charge in [-0.25, -0.2) is 0 Å². The van der Waals surface area contributed by atoms with E-state index in [0.29, 0.717) is 0 Å². The van der Waals surface area contributed by atoms with Gasteiger partial charge in [-0.1, -0.05) is 12.1 Å². The second-order valence-corrected chi connectivity index (χ2v) is 5.37. The van der Waals surface area contributed by atoms with Crippen LogP contribution in [0, 0.1) is 0 Å². The van der Waals surface area contributed by atoms with Gasteiger partial charge in [0.1, 0.15) is 0 Å². The molecule has 138 valence electrons. The van der Waals surface area contributed by atoms with Crippen molar-refractivity contribution in [1.82, 2.24) is 9.55 Å². The minimum absolute atomic E-state index is 0.182. The quantitative estimate of drug-likeness (QED) is 0.747. The minimum atomic E-state index is -6.94. The van der Waals surface area contributed by atoms with E-state index in [9.17, 15) is 39.5 Å². The summed E-state index contributed by atoms with van der Waals surface area (Å²) in [6, 6.07) is 5.25. The van der Waals surface area contributed by atoms with Gasteiger partial charge in [0.15, 0.2) is 6.10 Å². The van der Waals surface area contributed by atoms with Gasteiger partial charge >= 0.3 is 23.9 Å². The molecule has 2 aromatic rings. The number of benzene rings is 1. The second kappa shape index (κ2) is 4.94. The summed E-state index contributed by atoms with van der Waals surface area (Å²) in [5, 5.41) is 0. The van der Waals surface area contributed by atoms with Crippen molar-refractivity contribution in [2.24, 2.45) is 0 Å². The van der Waals surface area contributed by atoms with Crippen molar-refractivity contribution in [1.29, 1.82) is 0 Å². The van der Waals surface area contributed by atoms with Crippen LogP contribution in [0.4, 0.5) is 39.5 Å². The number of nitrogens with zero attached hydrogens (tertiary/aromatic N) is 2. The normalized spacial score (nSPS) is 19.2. The third kappa shape index (κ3) is 2.25. The summed E-state index contributed by atoms with van der Waals surface area (Å²) < 4.78 is 122. The van der Waals surface area contributed by atoms with E-state index in [-0.39, 0.29) is 11.0 Å². The molecule has 25 heavy (non-hydrogen) atoms. The third-order valence-corrected chi connectivity index (χ3v) is 3.79. The zero-order valence-corrected chi connectivity index (χ0v) is 11.8. The monoisotopic (exact) mass is 378 g/mol. The Hall–Kier alpha value is -2.14. The molecule has 1 aliphatic heterocycles. The fraction of sp³-hybridized carbons (Fsp3) is 0.462. The first kappa shape index (κ1) is 17.7. The maximum absolute atomic E-state index is 13.9. The van der Waals surface area contributed by atoms with E-state index >= 15 is 0 Å². The molecule has 3 nitrogen and oxygen atoms in total. The summed E-state index contributed by atoms with van der Waals surface area (Å²) in [4.78, 5) is 3.70. The molecule has 12 heteroatoms. The topological polar surface area (TPSA) is 27.1 Å². The molecule has 1 aliphatic rings. The molecular formula is C13H7F9N2O. The molecule has 0 fully saturated rings. The van der Waals surface area contributed by atoms with E-state index in [2.05, 4.69) is 9.72 Å². The number of halogens is 9. The molecule has 0 saturated heterocycles. The number of para-hydroxylation sites is 2. The van der Waals surface area contributed by atoms with Crippen molar-refractivity contribution < 1.29 is 44.3 Å². The Kier molecular flexibility index (Phi) is 3.50. The smallest absolute Gasteiger partial charge is 0.453 e. The molecule has 0 aliphatic carbocycles. The first-order chi connectivity index (χ1) is 11.3. The number of hydrogen-bond acceptors (Lipinski definition) is 2. The number of aromatic nitrogens is 2. The number of alkyl halides is 9. The number of hydrogen-bond donors (Lipinski definition) is 0. The lowest BCUT2D eigenvalue weighted by molar-refractivity contribution is -0.404. The van der Waals surface area contributed by atoms with Crippen LogP contribution in [0.15, 0.2) is 24.3 Å². The van der Waals surface area contributed by atoms with Crippen molar-refractivity contribution in [3.05, 3.63) is 24.3 Å². The zero-order valence-electron chi connectivity index (χ0n) is 11.8.